The van der Waals surface area contributed by atoms with Crippen molar-refractivity contribution in [1.82, 2.24) is 0 Å². The molecule has 0 saturated heterocycles. The van der Waals surface area contributed by atoms with Crippen LogP contribution in [0.1, 0.15) is 25.0 Å². The molecule has 1 rings (SSSR count). The van der Waals surface area contributed by atoms with Crippen LogP contribution < -0.4 is 4.90 Å². The van der Waals surface area contributed by atoms with Gasteiger partial charge in [-0.3, -0.25) is 9.35 Å². The fourth-order valence-corrected chi connectivity index (χ4v) is 2.93. The van der Waals surface area contributed by atoms with Gasteiger partial charge in [-0.05, 0) is 31.4 Å². The molecule has 0 aliphatic rings. The maximum atomic E-state index is 12.4. The van der Waals surface area contributed by atoms with E-state index in [1.54, 1.807) is 6.92 Å². The number of benzene rings is 1. The molecular weight excluding hydrogens is 329 g/mol. The van der Waals surface area contributed by atoms with Crippen LogP contribution in [0.15, 0.2) is 18.2 Å². The standard InChI is InChI=1S/C15H23NO5S.Na/c1-5-13-8-6-7-11(2)15(13)16(12(3)9-21-4)14(17)10-22(18,19)20;/h6-8,12H,5,9-10H2,1-4H3,(H,18,19,20);. The first-order chi connectivity index (χ1) is 10.2. The van der Waals surface area contributed by atoms with Gasteiger partial charge in [-0.1, -0.05) is 25.1 Å². The topological polar surface area (TPSA) is 83.9 Å². The van der Waals surface area contributed by atoms with Crippen molar-refractivity contribution in [3.8, 4) is 0 Å². The number of aryl methyl sites for hydroxylation is 2. The first kappa shape index (κ1) is 22.6. The van der Waals surface area contributed by atoms with E-state index in [1.807, 2.05) is 32.0 Å². The fourth-order valence-electron chi connectivity index (χ4n) is 2.48. The van der Waals surface area contributed by atoms with Gasteiger partial charge in [0.1, 0.15) is 0 Å². The molecule has 125 valence electrons. The molecule has 0 spiro atoms. The molecule has 8 heteroatoms. The monoisotopic (exact) mass is 352 g/mol. The fraction of sp³-hybridized carbons (Fsp3) is 0.533. The minimum absolute atomic E-state index is 0. The smallest absolute Gasteiger partial charge is 0.274 e. The Bertz CT molecular complexity index is 633. The summed E-state index contributed by atoms with van der Waals surface area (Å²) in [5, 5.41) is 0. The van der Waals surface area contributed by atoms with Gasteiger partial charge in [0.15, 0.2) is 5.75 Å². The molecular formula is C15H23NNaO5S. The van der Waals surface area contributed by atoms with Crippen LogP contribution in [0.5, 0.6) is 0 Å². The third kappa shape index (κ3) is 6.52. The number of methoxy groups -OCH3 is 1. The number of amides is 1. The average Bonchev–Trinajstić information content (AvgIpc) is 2.39. The van der Waals surface area contributed by atoms with Gasteiger partial charge < -0.3 is 9.64 Å². The Morgan fingerprint density at radius 1 is 1.39 bits per heavy atom. The Labute approximate surface area is 160 Å². The van der Waals surface area contributed by atoms with Crippen LogP contribution in [0.4, 0.5) is 5.69 Å². The van der Waals surface area contributed by atoms with Crippen LogP contribution in [-0.4, -0.2) is 73.9 Å². The van der Waals surface area contributed by atoms with Gasteiger partial charge in [0.2, 0.25) is 5.91 Å². The molecule has 0 heterocycles. The number of hydrogen-bond donors (Lipinski definition) is 1. The Morgan fingerprint density at radius 3 is 2.48 bits per heavy atom. The van der Waals surface area contributed by atoms with Gasteiger partial charge in [-0.25, -0.2) is 0 Å². The van der Waals surface area contributed by atoms with E-state index in [9.17, 15) is 13.2 Å². The van der Waals surface area contributed by atoms with Crippen molar-refractivity contribution >= 4 is 51.3 Å². The van der Waals surface area contributed by atoms with Gasteiger partial charge >= 0.3 is 0 Å². The number of hydrogen-bond acceptors (Lipinski definition) is 4. The Hall–Kier alpha value is -0.440. The molecule has 23 heavy (non-hydrogen) atoms. The second-order valence-electron chi connectivity index (χ2n) is 5.23. The largest absolute Gasteiger partial charge is 0.383 e. The molecule has 0 bridgehead atoms. The molecule has 1 unspecified atom stereocenters. The van der Waals surface area contributed by atoms with Crippen LogP contribution >= 0.6 is 0 Å². The molecule has 1 aromatic carbocycles. The van der Waals surface area contributed by atoms with E-state index >= 15 is 0 Å². The third-order valence-electron chi connectivity index (χ3n) is 3.37. The van der Waals surface area contributed by atoms with E-state index in [1.165, 1.54) is 12.0 Å². The van der Waals surface area contributed by atoms with E-state index in [0.29, 0.717) is 12.1 Å². The van der Waals surface area contributed by atoms with E-state index in [2.05, 4.69) is 0 Å². The first-order valence-corrected chi connectivity index (χ1v) is 8.66. The molecule has 0 fully saturated rings. The molecule has 1 atom stereocenters. The van der Waals surface area contributed by atoms with Gasteiger partial charge in [-0.15, -0.1) is 0 Å². The van der Waals surface area contributed by atoms with Crippen LogP contribution in [0, 0.1) is 6.92 Å². The molecule has 1 aromatic rings. The number of carbonyl (C=O) groups is 1. The summed E-state index contributed by atoms with van der Waals surface area (Å²) in [6.07, 6.45) is 0.701. The second-order valence-corrected chi connectivity index (χ2v) is 6.68. The summed E-state index contributed by atoms with van der Waals surface area (Å²) in [6, 6.07) is 5.30. The Morgan fingerprint density at radius 2 is 2.00 bits per heavy atom. The van der Waals surface area contributed by atoms with Crippen molar-refractivity contribution in [2.45, 2.75) is 33.2 Å². The minimum Gasteiger partial charge on any atom is -0.383 e. The third-order valence-corrected chi connectivity index (χ3v) is 3.98. The molecule has 0 aromatic heterocycles. The van der Waals surface area contributed by atoms with Crippen LogP contribution in [0.2, 0.25) is 0 Å². The molecule has 6 nitrogen and oxygen atoms in total. The summed E-state index contributed by atoms with van der Waals surface area (Å²) in [5.74, 6) is -1.62. The minimum atomic E-state index is -4.39. The number of para-hydroxylation sites is 1. The zero-order valence-corrected chi connectivity index (χ0v) is 17.2. The molecule has 0 aliphatic carbocycles. The number of ether oxygens (including phenoxy) is 1. The summed E-state index contributed by atoms with van der Waals surface area (Å²) in [6.45, 7) is 5.86. The van der Waals surface area contributed by atoms with Gasteiger partial charge in [0, 0.05) is 36.7 Å². The summed E-state index contributed by atoms with van der Waals surface area (Å²) in [7, 11) is -2.87. The van der Waals surface area contributed by atoms with Crippen molar-refractivity contribution in [3.63, 3.8) is 0 Å². The van der Waals surface area contributed by atoms with Gasteiger partial charge in [0.25, 0.3) is 10.1 Å². The van der Waals surface area contributed by atoms with Crippen molar-refractivity contribution in [3.05, 3.63) is 29.3 Å². The predicted octanol–water partition coefficient (Wildman–Crippen LogP) is 1.43. The van der Waals surface area contributed by atoms with E-state index in [-0.39, 0.29) is 42.2 Å². The van der Waals surface area contributed by atoms with Crippen molar-refractivity contribution in [2.24, 2.45) is 0 Å². The summed E-state index contributed by atoms with van der Waals surface area (Å²) < 4.78 is 36.2. The molecule has 1 N–H and O–H groups in total. The van der Waals surface area contributed by atoms with Gasteiger partial charge in [-0.2, -0.15) is 8.42 Å². The summed E-state index contributed by atoms with van der Waals surface area (Å²) >= 11 is 0. The Kier molecular flexibility index (Phi) is 9.57. The number of anilines is 1. The van der Waals surface area contributed by atoms with E-state index in [0.717, 1.165) is 11.1 Å². The first-order valence-electron chi connectivity index (χ1n) is 7.05. The normalized spacial score (nSPS) is 12.4. The molecule has 0 aliphatic heterocycles. The maximum absolute atomic E-state index is 12.4. The van der Waals surface area contributed by atoms with E-state index < -0.39 is 21.8 Å². The number of carbonyl (C=O) groups excluding carboxylic acids is 1. The maximum Gasteiger partial charge on any atom is 0.274 e. The SMILES string of the molecule is CCc1cccc(C)c1N(C(=O)CS(=O)(=O)O)C(C)COC.[Na]. The van der Waals surface area contributed by atoms with Crippen LogP contribution in [-0.2, 0) is 26.1 Å². The van der Waals surface area contributed by atoms with Crippen molar-refractivity contribution < 1.29 is 22.5 Å². The van der Waals surface area contributed by atoms with Crippen molar-refractivity contribution in [2.75, 3.05) is 24.4 Å². The summed E-state index contributed by atoms with van der Waals surface area (Å²) in [5.41, 5.74) is 2.49. The molecule has 1 amide bonds. The molecule has 0 saturated carbocycles. The quantitative estimate of drug-likeness (QED) is 0.593. The van der Waals surface area contributed by atoms with Gasteiger partial charge in [0.05, 0.1) is 18.3 Å². The van der Waals surface area contributed by atoms with E-state index in [4.69, 9.17) is 9.29 Å². The molecule has 1 radical (unpaired) electrons. The van der Waals surface area contributed by atoms with Crippen LogP contribution in [0.25, 0.3) is 0 Å². The van der Waals surface area contributed by atoms with Crippen molar-refractivity contribution in [1.29, 1.82) is 0 Å². The second kappa shape index (κ2) is 9.76. The number of rotatable bonds is 7. The average molecular weight is 352 g/mol. The predicted molar refractivity (Wildman–Crippen MR) is 91.6 cm³/mol. The zero-order valence-electron chi connectivity index (χ0n) is 14.4. The Balaban J connectivity index is 0.00000484. The zero-order chi connectivity index (χ0) is 16.9. The summed E-state index contributed by atoms with van der Waals surface area (Å²) in [4.78, 5) is 13.8. The number of nitrogens with zero attached hydrogens (tertiary/aromatic N) is 1. The van der Waals surface area contributed by atoms with Crippen LogP contribution in [0.3, 0.4) is 0 Å².